The Bertz CT molecular complexity index is 745. The summed E-state index contributed by atoms with van der Waals surface area (Å²) in [5, 5.41) is 0. The quantitative estimate of drug-likeness (QED) is 0.877. The van der Waals surface area contributed by atoms with Gasteiger partial charge in [-0.2, -0.15) is 0 Å². The van der Waals surface area contributed by atoms with E-state index in [1.807, 2.05) is 4.72 Å². The van der Waals surface area contributed by atoms with Crippen molar-refractivity contribution < 1.29 is 17.2 Å². The molecular formula is C11H8BrF2N3O2S. The fraction of sp³-hybridized carbons (Fsp3) is 0. The predicted molar refractivity (Wildman–Crippen MR) is 73.5 cm³/mol. The van der Waals surface area contributed by atoms with Crippen molar-refractivity contribution in [1.82, 2.24) is 4.98 Å². The molecule has 0 aliphatic carbocycles. The molecular weight excluding hydrogens is 356 g/mol. The van der Waals surface area contributed by atoms with E-state index in [0.29, 0.717) is 0 Å². The van der Waals surface area contributed by atoms with Crippen LogP contribution in [0.3, 0.4) is 0 Å². The molecule has 1 aromatic heterocycles. The maximum Gasteiger partial charge on any atom is 0.265 e. The zero-order valence-corrected chi connectivity index (χ0v) is 12.2. The highest BCUT2D eigenvalue weighted by Crippen LogP contribution is 2.27. The summed E-state index contributed by atoms with van der Waals surface area (Å²) in [6, 6.07) is 4.40. The highest BCUT2D eigenvalue weighted by molar-refractivity contribution is 9.10. The molecule has 0 amide bonds. The number of benzene rings is 1. The molecule has 20 heavy (non-hydrogen) atoms. The lowest BCUT2D eigenvalue weighted by Gasteiger charge is -2.11. The van der Waals surface area contributed by atoms with Gasteiger partial charge in [-0.15, -0.1) is 0 Å². The lowest BCUT2D eigenvalue weighted by Crippen LogP contribution is -2.17. The topological polar surface area (TPSA) is 85.1 Å². The molecule has 0 aliphatic rings. The number of hydrogen-bond donors (Lipinski definition) is 2. The number of sulfonamides is 1. The van der Waals surface area contributed by atoms with Crippen LogP contribution in [-0.4, -0.2) is 13.4 Å². The number of hydrogen-bond acceptors (Lipinski definition) is 4. The number of anilines is 2. The van der Waals surface area contributed by atoms with Gasteiger partial charge in [-0.3, -0.25) is 4.72 Å². The van der Waals surface area contributed by atoms with E-state index in [9.17, 15) is 17.2 Å². The van der Waals surface area contributed by atoms with E-state index in [2.05, 4.69) is 20.9 Å². The monoisotopic (exact) mass is 363 g/mol. The average Bonchev–Trinajstić information content (AvgIpc) is 2.34. The van der Waals surface area contributed by atoms with Crippen molar-refractivity contribution in [3.8, 4) is 0 Å². The van der Waals surface area contributed by atoms with Gasteiger partial charge in [0.1, 0.15) is 16.4 Å². The molecule has 0 unspecified atom stereocenters. The summed E-state index contributed by atoms with van der Waals surface area (Å²) in [5.41, 5.74) is 4.65. The van der Waals surface area contributed by atoms with E-state index in [4.69, 9.17) is 5.73 Å². The van der Waals surface area contributed by atoms with Crippen molar-refractivity contribution in [3.05, 3.63) is 46.6 Å². The van der Waals surface area contributed by atoms with Gasteiger partial charge in [-0.25, -0.2) is 22.2 Å². The zero-order valence-electron chi connectivity index (χ0n) is 9.77. The van der Waals surface area contributed by atoms with E-state index in [1.54, 1.807) is 0 Å². The van der Waals surface area contributed by atoms with Crippen molar-refractivity contribution in [2.45, 2.75) is 4.90 Å². The molecule has 0 saturated carbocycles. The van der Waals surface area contributed by atoms with Crippen molar-refractivity contribution in [3.63, 3.8) is 0 Å². The zero-order chi connectivity index (χ0) is 14.9. The summed E-state index contributed by atoms with van der Waals surface area (Å²) in [6.07, 6.45) is 1.30. The number of nitrogen functional groups attached to an aromatic ring is 1. The van der Waals surface area contributed by atoms with Gasteiger partial charge in [0.25, 0.3) is 10.0 Å². The third kappa shape index (κ3) is 2.88. The maximum absolute atomic E-state index is 13.6. The molecule has 1 heterocycles. The SMILES string of the molecule is Nc1ncccc1S(=O)(=O)Nc1c(F)cc(Br)cc1F. The third-order valence-electron chi connectivity index (χ3n) is 2.33. The molecule has 0 fully saturated rings. The third-order valence-corrected chi connectivity index (χ3v) is 4.19. The standard InChI is InChI=1S/C11H8BrF2N3O2S/c12-6-4-7(13)10(8(14)5-6)17-20(18,19)9-2-1-3-16-11(9)15/h1-5,17H,(H2,15,16). The first-order valence-electron chi connectivity index (χ1n) is 5.19. The van der Waals surface area contributed by atoms with Crippen LogP contribution in [0.4, 0.5) is 20.3 Å². The van der Waals surface area contributed by atoms with Gasteiger partial charge in [0, 0.05) is 10.7 Å². The van der Waals surface area contributed by atoms with Crippen LogP contribution < -0.4 is 10.5 Å². The van der Waals surface area contributed by atoms with E-state index >= 15 is 0 Å². The minimum Gasteiger partial charge on any atom is -0.383 e. The Labute approximate surface area is 122 Å². The largest absolute Gasteiger partial charge is 0.383 e. The molecule has 2 rings (SSSR count). The van der Waals surface area contributed by atoms with Crippen LogP contribution in [0.15, 0.2) is 39.8 Å². The first-order chi connectivity index (χ1) is 9.31. The molecule has 0 aliphatic heterocycles. The van der Waals surface area contributed by atoms with Crippen molar-refractivity contribution in [1.29, 1.82) is 0 Å². The lowest BCUT2D eigenvalue weighted by molar-refractivity contribution is 0.582. The summed E-state index contributed by atoms with van der Waals surface area (Å²) in [6.45, 7) is 0. The first-order valence-corrected chi connectivity index (χ1v) is 7.47. The highest BCUT2D eigenvalue weighted by Gasteiger charge is 2.22. The van der Waals surface area contributed by atoms with Crippen LogP contribution in [0.1, 0.15) is 0 Å². The van der Waals surface area contributed by atoms with E-state index in [0.717, 1.165) is 12.1 Å². The van der Waals surface area contributed by atoms with Crippen molar-refractivity contribution in [2.24, 2.45) is 0 Å². The van der Waals surface area contributed by atoms with Gasteiger partial charge in [-0.05, 0) is 24.3 Å². The fourth-order valence-electron chi connectivity index (χ4n) is 1.46. The highest BCUT2D eigenvalue weighted by atomic mass is 79.9. The normalized spacial score (nSPS) is 11.3. The van der Waals surface area contributed by atoms with Gasteiger partial charge in [0.2, 0.25) is 0 Å². The Morgan fingerprint density at radius 3 is 2.40 bits per heavy atom. The number of halogens is 3. The molecule has 0 atom stereocenters. The van der Waals surface area contributed by atoms with Crippen LogP contribution in [0.2, 0.25) is 0 Å². The van der Waals surface area contributed by atoms with Crippen LogP contribution in [0, 0.1) is 11.6 Å². The fourth-order valence-corrected chi connectivity index (χ4v) is 3.02. The number of nitrogens with two attached hydrogens (primary N) is 1. The number of aromatic nitrogens is 1. The number of pyridine rings is 1. The van der Waals surface area contributed by atoms with Gasteiger partial charge >= 0.3 is 0 Å². The Balaban J connectivity index is 2.47. The van der Waals surface area contributed by atoms with Gasteiger partial charge < -0.3 is 5.73 Å². The minimum absolute atomic E-state index is 0.149. The van der Waals surface area contributed by atoms with Crippen molar-refractivity contribution >= 4 is 37.5 Å². The molecule has 3 N–H and O–H groups in total. The second-order valence-electron chi connectivity index (χ2n) is 3.74. The summed E-state index contributed by atoms with van der Waals surface area (Å²) in [7, 11) is -4.23. The number of rotatable bonds is 3. The second-order valence-corrected chi connectivity index (χ2v) is 6.30. The summed E-state index contributed by atoms with van der Waals surface area (Å²) >= 11 is 2.90. The Hall–Kier alpha value is -1.74. The maximum atomic E-state index is 13.6. The van der Waals surface area contributed by atoms with Crippen molar-refractivity contribution in [2.75, 3.05) is 10.5 Å². The van der Waals surface area contributed by atoms with Gasteiger partial charge in [-0.1, -0.05) is 15.9 Å². The van der Waals surface area contributed by atoms with Gasteiger partial charge in [0.05, 0.1) is 0 Å². The van der Waals surface area contributed by atoms with Crippen LogP contribution in [-0.2, 0) is 10.0 Å². The molecule has 2 aromatic rings. The Kier molecular flexibility index (Phi) is 3.91. The molecule has 0 bridgehead atoms. The molecule has 106 valence electrons. The molecule has 0 radical (unpaired) electrons. The van der Waals surface area contributed by atoms with Crippen LogP contribution in [0.25, 0.3) is 0 Å². The summed E-state index contributed by atoms with van der Waals surface area (Å²) in [4.78, 5) is 3.25. The summed E-state index contributed by atoms with van der Waals surface area (Å²) < 4.78 is 53.3. The van der Waals surface area contributed by atoms with Crippen LogP contribution >= 0.6 is 15.9 Å². The lowest BCUT2D eigenvalue weighted by atomic mass is 10.3. The molecule has 1 aromatic carbocycles. The smallest absolute Gasteiger partial charge is 0.265 e. The molecule has 0 saturated heterocycles. The van der Waals surface area contributed by atoms with E-state index in [-0.39, 0.29) is 15.2 Å². The Morgan fingerprint density at radius 1 is 1.25 bits per heavy atom. The average molecular weight is 364 g/mol. The predicted octanol–water partition coefficient (Wildman–Crippen LogP) is 2.51. The molecule has 5 nitrogen and oxygen atoms in total. The molecule has 0 spiro atoms. The summed E-state index contributed by atoms with van der Waals surface area (Å²) in [5.74, 6) is -2.37. The van der Waals surface area contributed by atoms with E-state index in [1.165, 1.54) is 18.3 Å². The van der Waals surface area contributed by atoms with Crippen LogP contribution in [0.5, 0.6) is 0 Å². The van der Waals surface area contributed by atoms with Gasteiger partial charge in [0.15, 0.2) is 11.6 Å². The first kappa shape index (κ1) is 14.7. The minimum atomic E-state index is -4.23. The second kappa shape index (κ2) is 5.33. The Morgan fingerprint density at radius 2 is 1.85 bits per heavy atom. The number of nitrogens with one attached hydrogen (secondary N) is 1. The number of nitrogens with zero attached hydrogens (tertiary/aromatic N) is 1. The molecule has 9 heteroatoms. The van der Waals surface area contributed by atoms with E-state index < -0.39 is 27.3 Å².